The van der Waals surface area contributed by atoms with Crippen molar-refractivity contribution in [3.8, 4) is 0 Å². The maximum atomic E-state index is 10.8. The van der Waals surface area contributed by atoms with Crippen molar-refractivity contribution in [2.24, 2.45) is 0 Å². The average Bonchev–Trinajstić information content (AvgIpc) is 2.16. The predicted molar refractivity (Wildman–Crippen MR) is 53.0 cm³/mol. The van der Waals surface area contributed by atoms with E-state index in [0.29, 0.717) is 30.5 Å². The van der Waals surface area contributed by atoms with Crippen LogP contribution in [0.15, 0.2) is 18.5 Å². The van der Waals surface area contributed by atoms with E-state index in [1.165, 1.54) is 6.20 Å². The SMILES string of the molecule is O=Cc1cnccc1N1CCC1C(=O)O. The summed E-state index contributed by atoms with van der Waals surface area (Å²) in [5.74, 6) is -0.852. The highest BCUT2D eigenvalue weighted by atomic mass is 16.4. The molecule has 5 nitrogen and oxygen atoms in total. The van der Waals surface area contributed by atoms with Crippen molar-refractivity contribution < 1.29 is 14.7 Å². The molecule has 0 aromatic carbocycles. The summed E-state index contributed by atoms with van der Waals surface area (Å²) in [6, 6.07) is 1.16. The zero-order valence-electron chi connectivity index (χ0n) is 7.96. The van der Waals surface area contributed by atoms with E-state index in [1.54, 1.807) is 17.2 Å². The Morgan fingerprint density at radius 2 is 2.47 bits per heavy atom. The average molecular weight is 206 g/mol. The van der Waals surface area contributed by atoms with Gasteiger partial charge in [-0.3, -0.25) is 9.78 Å². The van der Waals surface area contributed by atoms with Crippen molar-refractivity contribution in [3.63, 3.8) is 0 Å². The fraction of sp³-hybridized carbons (Fsp3) is 0.300. The van der Waals surface area contributed by atoms with Gasteiger partial charge in [-0.15, -0.1) is 0 Å². The summed E-state index contributed by atoms with van der Waals surface area (Å²) in [5.41, 5.74) is 1.09. The van der Waals surface area contributed by atoms with Crippen molar-refractivity contribution in [3.05, 3.63) is 24.0 Å². The van der Waals surface area contributed by atoms with Gasteiger partial charge in [-0.2, -0.15) is 0 Å². The second-order valence-electron chi connectivity index (χ2n) is 3.39. The number of hydrogen-bond donors (Lipinski definition) is 1. The molecule has 0 saturated carbocycles. The van der Waals surface area contributed by atoms with Crippen LogP contribution in [0.1, 0.15) is 16.8 Å². The number of carboxylic acid groups (broad SMARTS) is 1. The first kappa shape index (κ1) is 9.64. The third-order valence-electron chi connectivity index (χ3n) is 2.57. The minimum absolute atomic E-state index is 0.434. The van der Waals surface area contributed by atoms with E-state index in [0.717, 1.165) is 0 Å². The van der Waals surface area contributed by atoms with Gasteiger partial charge in [-0.25, -0.2) is 4.79 Å². The zero-order valence-corrected chi connectivity index (χ0v) is 7.96. The molecule has 0 bridgehead atoms. The molecule has 15 heavy (non-hydrogen) atoms. The molecule has 1 unspecified atom stereocenters. The first-order valence-corrected chi connectivity index (χ1v) is 4.62. The van der Waals surface area contributed by atoms with Crippen LogP contribution in [0.2, 0.25) is 0 Å². The fourth-order valence-electron chi connectivity index (χ4n) is 1.68. The lowest BCUT2D eigenvalue weighted by Crippen LogP contribution is -2.52. The molecule has 78 valence electrons. The van der Waals surface area contributed by atoms with Crippen LogP contribution in [-0.4, -0.2) is 34.9 Å². The fourth-order valence-corrected chi connectivity index (χ4v) is 1.68. The van der Waals surface area contributed by atoms with Crippen LogP contribution in [-0.2, 0) is 4.79 Å². The minimum Gasteiger partial charge on any atom is -0.480 e. The van der Waals surface area contributed by atoms with Crippen LogP contribution >= 0.6 is 0 Å². The highest BCUT2D eigenvalue weighted by molar-refractivity contribution is 5.88. The molecule has 1 atom stereocenters. The Hall–Kier alpha value is -1.91. The molecule has 0 amide bonds. The van der Waals surface area contributed by atoms with Crippen LogP contribution in [0, 0.1) is 0 Å². The van der Waals surface area contributed by atoms with Gasteiger partial charge in [-0.1, -0.05) is 0 Å². The number of rotatable bonds is 3. The van der Waals surface area contributed by atoms with Crippen LogP contribution in [0.5, 0.6) is 0 Å². The summed E-state index contributed by atoms with van der Waals surface area (Å²) >= 11 is 0. The molecule has 0 spiro atoms. The van der Waals surface area contributed by atoms with Gasteiger partial charge in [0.1, 0.15) is 6.04 Å². The molecule has 2 heterocycles. The number of carboxylic acids is 1. The number of aldehydes is 1. The van der Waals surface area contributed by atoms with Crippen LogP contribution in [0.4, 0.5) is 5.69 Å². The molecule has 1 aromatic heterocycles. The first-order valence-electron chi connectivity index (χ1n) is 4.62. The summed E-state index contributed by atoms with van der Waals surface area (Å²) in [5, 5.41) is 8.88. The molecule has 2 rings (SSSR count). The summed E-state index contributed by atoms with van der Waals surface area (Å²) in [7, 11) is 0. The maximum Gasteiger partial charge on any atom is 0.326 e. The molecule has 5 heteroatoms. The summed E-state index contributed by atoms with van der Waals surface area (Å²) < 4.78 is 0. The highest BCUT2D eigenvalue weighted by Gasteiger charge is 2.35. The van der Waals surface area contributed by atoms with Gasteiger partial charge in [-0.05, 0) is 12.5 Å². The molecule has 1 aliphatic rings. The van der Waals surface area contributed by atoms with Crippen molar-refractivity contribution in [1.29, 1.82) is 0 Å². The van der Waals surface area contributed by atoms with Gasteiger partial charge in [0.15, 0.2) is 6.29 Å². The summed E-state index contributed by atoms with van der Waals surface area (Å²) in [6.45, 7) is 0.668. The zero-order chi connectivity index (χ0) is 10.8. The summed E-state index contributed by atoms with van der Waals surface area (Å²) in [4.78, 5) is 27.1. The molecule has 1 aromatic rings. The number of pyridine rings is 1. The predicted octanol–water partition coefficient (Wildman–Crippen LogP) is 0.557. The lowest BCUT2D eigenvalue weighted by molar-refractivity contribution is -0.139. The number of aromatic nitrogens is 1. The molecule has 1 aliphatic heterocycles. The Balaban J connectivity index is 2.30. The van der Waals surface area contributed by atoms with Crippen molar-refractivity contribution in [2.45, 2.75) is 12.5 Å². The number of anilines is 1. The minimum atomic E-state index is -0.852. The molecule has 0 aliphatic carbocycles. The van der Waals surface area contributed by atoms with Gasteiger partial charge >= 0.3 is 5.97 Å². The Labute approximate surface area is 86.3 Å². The van der Waals surface area contributed by atoms with Gasteiger partial charge in [0.05, 0.1) is 11.3 Å². The molecule has 1 fully saturated rings. The molecule has 1 saturated heterocycles. The van der Waals surface area contributed by atoms with Gasteiger partial charge in [0, 0.05) is 18.9 Å². The summed E-state index contributed by atoms with van der Waals surface area (Å²) in [6.07, 6.45) is 4.31. The van der Waals surface area contributed by atoms with E-state index in [1.807, 2.05) is 0 Å². The molecule has 0 radical (unpaired) electrons. The number of aliphatic carboxylic acids is 1. The van der Waals surface area contributed by atoms with Crippen molar-refractivity contribution in [1.82, 2.24) is 4.98 Å². The van der Waals surface area contributed by atoms with Gasteiger partial charge in [0.2, 0.25) is 0 Å². The normalized spacial score (nSPS) is 19.5. The monoisotopic (exact) mass is 206 g/mol. The van der Waals surface area contributed by atoms with Crippen molar-refractivity contribution >= 4 is 17.9 Å². The quantitative estimate of drug-likeness (QED) is 0.731. The van der Waals surface area contributed by atoms with Gasteiger partial charge in [0.25, 0.3) is 0 Å². The second kappa shape index (κ2) is 3.68. The second-order valence-corrected chi connectivity index (χ2v) is 3.39. The van der Waals surface area contributed by atoms with E-state index in [2.05, 4.69) is 4.98 Å². The van der Waals surface area contributed by atoms with Crippen LogP contribution < -0.4 is 4.90 Å². The third kappa shape index (κ3) is 1.56. The van der Waals surface area contributed by atoms with Crippen LogP contribution in [0.25, 0.3) is 0 Å². The van der Waals surface area contributed by atoms with Crippen molar-refractivity contribution in [2.75, 3.05) is 11.4 Å². The van der Waals surface area contributed by atoms with E-state index >= 15 is 0 Å². The van der Waals surface area contributed by atoms with E-state index < -0.39 is 12.0 Å². The van der Waals surface area contributed by atoms with Crippen LogP contribution in [0.3, 0.4) is 0 Å². The molecule has 1 N–H and O–H groups in total. The Morgan fingerprint density at radius 3 is 3.00 bits per heavy atom. The van der Waals surface area contributed by atoms with E-state index in [-0.39, 0.29) is 0 Å². The lowest BCUT2D eigenvalue weighted by Gasteiger charge is -2.40. The topological polar surface area (TPSA) is 70.5 Å². The smallest absolute Gasteiger partial charge is 0.326 e. The lowest BCUT2D eigenvalue weighted by atomic mass is 10.0. The Morgan fingerprint density at radius 1 is 1.67 bits per heavy atom. The third-order valence-corrected chi connectivity index (χ3v) is 2.57. The number of carbonyl (C=O) groups excluding carboxylic acids is 1. The number of hydrogen-bond acceptors (Lipinski definition) is 4. The van der Waals surface area contributed by atoms with E-state index in [4.69, 9.17) is 5.11 Å². The highest BCUT2D eigenvalue weighted by Crippen LogP contribution is 2.28. The largest absolute Gasteiger partial charge is 0.480 e. The van der Waals surface area contributed by atoms with Gasteiger partial charge < -0.3 is 10.0 Å². The molecular formula is C10H10N2O3. The maximum absolute atomic E-state index is 10.8. The Bertz CT molecular complexity index is 405. The number of nitrogens with zero attached hydrogens (tertiary/aromatic N) is 2. The Kier molecular flexibility index (Phi) is 2.37. The van der Waals surface area contributed by atoms with E-state index in [9.17, 15) is 9.59 Å². The number of carbonyl (C=O) groups is 2. The molecular weight excluding hydrogens is 196 g/mol. The standard InChI is InChI=1S/C10H10N2O3/c13-6-7-5-11-3-1-8(7)12-4-2-9(12)10(14)15/h1,3,5-6,9H,2,4H2,(H,14,15). The first-order chi connectivity index (χ1) is 7.24.